The van der Waals surface area contributed by atoms with Crippen molar-refractivity contribution in [2.75, 3.05) is 19.6 Å². The van der Waals surface area contributed by atoms with E-state index in [0.717, 1.165) is 24.0 Å². The summed E-state index contributed by atoms with van der Waals surface area (Å²) in [6.07, 6.45) is 8.48. The molecule has 2 aliphatic rings. The summed E-state index contributed by atoms with van der Waals surface area (Å²) in [4.78, 5) is 2.76. The van der Waals surface area contributed by atoms with Crippen molar-refractivity contribution in [1.29, 1.82) is 0 Å². The van der Waals surface area contributed by atoms with Crippen LogP contribution in [0.1, 0.15) is 59.3 Å². The van der Waals surface area contributed by atoms with Crippen LogP contribution in [0.5, 0.6) is 0 Å². The Morgan fingerprint density at radius 1 is 1.29 bits per heavy atom. The van der Waals surface area contributed by atoms with Crippen molar-refractivity contribution in [2.45, 2.75) is 71.4 Å². The summed E-state index contributed by atoms with van der Waals surface area (Å²) < 4.78 is 0. The molecule has 1 aliphatic heterocycles. The van der Waals surface area contributed by atoms with Gasteiger partial charge in [0, 0.05) is 18.6 Å². The SMILES string of the molecule is CCCC1(CN2CCC(NCC)CC2C)CC1. The molecule has 2 fully saturated rings. The van der Waals surface area contributed by atoms with E-state index in [1.807, 2.05) is 0 Å². The molecule has 0 bridgehead atoms. The van der Waals surface area contributed by atoms with Crippen molar-refractivity contribution < 1.29 is 0 Å². The maximum Gasteiger partial charge on any atom is 0.00939 e. The third kappa shape index (κ3) is 3.45. The van der Waals surface area contributed by atoms with Crippen LogP contribution in [0.25, 0.3) is 0 Å². The Morgan fingerprint density at radius 2 is 2.06 bits per heavy atom. The minimum absolute atomic E-state index is 0.730. The second-order valence-electron chi connectivity index (χ2n) is 6.35. The van der Waals surface area contributed by atoms with Crippen LogP contribution in [-0.2, 0) is 0 Å². The Bertz CT molecular complexity index is 235. The molecule has 0 aromatic rings. The van der Waals surface area contributed by atoms with Gasteiger partial charge < -0.3 is 5.32 Å². The van der Waals surface area contributed by atoms with E-state index in [1.165, 1.54) is 51.6 Å². The highest BCUT2D eigenvalue weighted by molar-refractivity contribution is 4.97. The second kappa shape index (κ2) is 5.71. The van der Waals surface area contributed by atoms with Gasteiger partial charge in [0.25, 0.3) is 0 Å². The van der Waals surface area contributed by atoms with Crippen LogP contribution in [0.2, 0.25) is 0 Å². The maximum atomic E-state index is 3.61. The highest BCUT2D eigenvalue weighted by atomic mass is 15.2. The topological polar surface area (TPSA) is 15.3 Å². The van der Waals surface area contributed by atoms with E-state index in [9.17, 15) is 0 Å². The fraction of sp³-hybridized carbons (Fsp3) is 1.00. The van der Waals surface area contributed by atoms with Gasteiger partial charge in [0.1, 0.15) is 0 Å². The molecule has 1 saturated carbocycles. The largest absolute Gasteiger partial charge is 0.314 e. The summed E-state index contributed by atoms with van der Waals surface area (Å²) in [7, 11) is 0. The first-order chi connectivity index (χ1) is 8.19. The van der Waals surface area contributed by atoms with E-state index >= 15 is 0 Å². The average Bonchev–Trinajstić information content (AvgIpc) is 3.03. The van der Waals surface area contributed by atoms with Gasteiger partial charge in [-0.3, -0.25) is 4.90 Å². The molecule has 1 heterocycles. The third-order valence-electron chi connectivity index (χ3n) is 4.78. The number of rotatable bonds is 6. The molecule has 0 amide bonds. The minimum atomic E-state index is 0.730. The number of nitrogens with zero attached hydrogens (tertiary/aromatic N) is 1. The first kappa shape index (κ1) is 13.4. The van der Waals surface area contributed by atoms with Crippen LogP contribution >= 0.6 is 0 Å². The number of piperidine rings is 1. The van der Waals surface area contributed by atoms with Crippen LogP contribution in [0.15, 0.2) is 0 Å². The molecule has 1 N–H and O–H groups in total. The molecule has 2 unspecified atom stereocenters. The van der Waals surface area contributed by atoms with Crippen LogP contribution in [0.4, 0.5) is 0 Å². The van der Waals surface area contributed by atoms with Crippen molar-refractivity contribution in [3.05, 3.63) is 0 Å². The molecule has 2 rings (SSSR count). The van der Waals surface area contributed by atoms with Crippen molar-refractivity contribution in [3.63, 3.8) is 0 Å². The number of likely N-dealkylation sites (tertiary alicyclic amines) is 1. The van der Waals surface area contributed by atoms with Gasteiger partial charge >= 0.3 is 0 Å². The van der Waals surface area contributed by atoms with E-state index in [1.54, 1.807) is 0 Å². The summed E-state index contributed by atoms with van der Waals surface area (Å²) in [6, 6.07) is 1.55. The first-order valence-electron chi connectivity index (χ1n) is 7.66. The molecule has 0 aromatic carbocycles. The number of nitrogens with one attached hydrogen (secondary N) is 1. The van der Waals surface area contributed by atoms with Gasteiger partial charge in [0.15, 0.2) is 0 Å². The molecule has 2 nitrogen and oxygen atoms in total. The Labute approximate surface area is 107 Å². The zero-order valence-corrected chi connectivity index (χ0v) is 12.0. The van der Waals surface area contributed by atoms with Crippen molar-refractivity contribution in [2.24, 2.45) is 5.41 Å². The molecule has 100 valence electrons. The lowest BCUT2D eigenvalue weighted by molar-refractivity contribution is 0.107. The summed E-state index contributed by atoms with van der Waals surface area (Å²) >= 11 is 0. The lowest BCUT2D eigenvalue weighted by atomic mass is 9.94. The quantitative estimate of drug-likeness (QED) is 0.765. The third-order valence-corrected chi connectivity index (χ3v) is 4.78. The fourth-order valence-corrected chi connectivity index (χ4v) is 3.55. The van der Waals surface area contributed by atoms with Gasteiger partial charge in [-0.05, 0) is 57.5 Å². The fourth-order valence-electron chi connectivity index (χ4n) is 3.55. The van der Waals surface area contributed by atoms with E-state index in [-0.39, 0.29) is 0 Å². The van der Waals surface area contributed by atoms with Crippen LogP contribution < -0.4 is 5.32 Å². The standard InChI is InChI=1S/C15H30N2/c1-4-7-15(8-9-15)12-17-10-6-14(16-5-2)11-13(17)3/h13-14,16H,4-12H2,1-3H3. The lowest BCUT2D eigenvalue weighted by Crippen LogP contribution is -2.49. The smallest absolute Gasteiger partial charge is 0.00939 e. The first-order valence-corrected chi connectivity index (χ1v) is 7.66. The van der Waals surface area contributed by atoms with Gasteiger partial charge in [-0.2, -0.15) is 0 Å². The predicted octanol–water partition coefficient (Wildman–Crippen LogP) is 3.03. The molecule has 0 aromatic heterocycles. The van der Waals surface area contributed by atoms with Crippen molar-refractivity contribution in [3.8, 4) is 0 Å². The monoisotopic (exact) mass is 238 g/mol. The van der Waals surface area contributed by atoms with Gasteiger partial charge in [0.2, 0.25) is 0 Å². The molecule has 1 aliphatic carbocycles. The Hall–Kier alpha value is -0.0800. The molecule has 0 spiro atoms. The van der Waals surface area contributed by atoms with Crippen LogP contribution in [0.3, 0.4) is 0 Å². The van der Waals surface area contributed by atoms with Gasteiger partial charge in [-0.1, -0.05) is 20.3 Å². The number of hydrogen-bond donors (Lipinski definition) is 1. The van der Waals surface area contributed by atoms with Crippen molar-refractivity contribution in [1.82, 2.24) is 10.2 Å². The molecular weight excluding hydrogens is 208 g/mol. The second-order valence-corrected chi connectivity index (χ2v) is 6.35. The van der Waals surface area contributed by atoms with E-state index in [2.05, 4.69) is 31.0 Å². The molecule has 1 saturated heterocycles. The highest BCUT2D eigenvalue weighted by Crippen LogP contribution is 2.50. The van der Waals surface area contributed by atoms with Crippen molar-refractivity contribution >= 4 is 0 Å². The average molecular weight is 238 g/mol. The maximum absolute atomic E-state index is 3.61. The molecule has 0 radical (unpaired) electrons. The van der Waals surface area contributed by atoms with Gasteiger partial charge in [0.05, 0.1) is 0 Å². The lowest BCUT2D eigenvalue weighted by Gasteiger charge is -2.40. The van der Waals surface area contributed by atoms with E-state index < -0.39 is 0 Å². The summed E-state index contributed by atoms with van der Waals surface area (Å²) in [5, 5.41) is 3.61. The Morgan fingerprint density at radius 3 is 2.59 bits per heavy atom. The highest BCUT2D eigenvalue weighted by Gasteiger charge is 2.43. The zero-order chi connectivity index (χ0) is 12.3. The summed E-state index contributed by atoms with van der Waals surface area (Å²) in [5.74, 6) is 0. The number of hydrogen-bond acceptors (Lipinski definition) is 2. The molecule has 17 heavy (non-hydrogen) atoms. The minimum Gasteiger partial charge on any atom is -0.314 e. The summed E-state index contributed by atoms with van der Waals surface area (Å²) in [5.41, 5.74) is 0.730. The van der Waals surface area contributed by atoms with Gasteiger partial charge in [-0.25, -0.2) is 0 Å². The Balaban J connectivity index is 1.79. The predicted molar refractivity (Wildman–Crippen MR) is 74.3 cm³/mol. The molecular formula is C15H30N2. The Kier molecular flexibility index (Phi) is 4.48. The molecule has 2 heteroatoms. The van der Waals surface area contributed by atoms with Gasteiger partial charge in [-0.15, -0.1) is 0 Å². The zero-order valence-electron chi connectivity index (χ0n) is 12.0. The van der Waals surface area contributed by atoms with E-state index in [4.69, 9.17) is 0 Å². The summed E-state index contributed by atoms with van der Waals surface area (Å²) in [6.45, 7) is 10.8. The van der Waals surface area contributed by atoms with Crippen LogP contribution in [0, 0.1) is 5.41 Å². The molecule has 2 atom stereocenters. The van der Waals surface area contributed by atoms with Crippen LogP contribution in [-0.4, -0.2) is 36.6 Å². The normalized spacial score (nSPS) is 32.6. The van der Waals surface area contributed by atoms with E-state index in [0.29, 0.717) is 0 Å².